The lowest BCUT2D eigenvalue weighted by atomic mass is 10.0. The van der Waals surface area contributed by atoms with Crippen LogP contribution in [0.5, 0.6) is 0 Å². The average molecular weight is 1950 g/mol. The van der Waals surface area contributed by atoms with Crippen LogP contribution in [0.4, 0.5) is 96.7 Å². The zero-order valence-corrected chi connectivity index (χ0v) is 80.9. The van der Waals surface area contributed by atoms with Gasteiger partial charge in [0, 0.05) is 121 Å². The molecule has 0 unspecified atom stereocenters. The number of aromatic nitrogens is 2. The number of rotatable bonds is 23. The topological polar surface area (TPSA) is 38.1 Å². The molecule has 1 N–H and O–H groups in total. The van der Waals surface area contributed by atoms with Gasteiger partial charge in [-0.3, -0.25) is 0 Å². The number of hydrogen-bond donors (Lipinski definition) is 1. The Morgan fingerprint density at radius 2 is 0.324 bits per heavy atom. The fourth-order valence-electron chi connectivity index (χ4n) is 19.2. The maximum atomic E-state index is 3.67. The number of halogens is 2. The molecule has 22 aromatic carbocycles. The predicted molar refractivity (Wildman–Crippen MR) is 608 cm³/mol. The number of anilines is 17. The van der Waals surface area contributed by atoms with E-state index in [1.54, 1.807) is 0 Å². The monoisotopic (exact) mass is 1950 g/mol. The van der Waals surface area contributed by atoms with Crippen LogP contribution < -0.4 is 29.8 Å². The van der Waals surface area contributed by atoms with Gasteiger partial charge in [0.05, 0.1) is 39.1 Å². The molecule has 2 aromatic heterocycles. The molecule has 0 aliphatic heterocycles. The summed E-state index contributed by atoms with van der Waals surface area (Å²) in [7, 11) is 0. The molecule has 0 amide bonds. The second kappa shape index (κ2) is 41.6. The third-order valence-electron chi connectivity index (χ3n) is 25.8. The van der Waals surface area contributed by atoms with Crippen LogP contribution in [-0.2, 0) is 0 Å². The van der Waals surface area contributed by atoms with Crippen LogP contribution in [0.25, 0.3) is 99.5 Å². The highest BCUT2D eigenvalue weighted by Gasteiger charge is 2.26. The maximum Gasteiger partial charge on any atom is 0.0541 e. The molecule has 0 radical (unpaired) electrons. The highest BCUT2D eigenvalue weighted by atomic mass is 79.9. The van der Waals surface area contributed by atoms with Crippen molar-refractivity contribution in [3.63, 3.8) is 0 Å². The van der Waals surface area contributed by atoms with E-state index in [0.717, 1.165) is 128 Å². The van der Waals surface area contributed by atoms with Crippen molar-refractivity contribution in [2.45, 2.75) is 0 Å². The standard InChI is InChI=1S/C78H57N5.C30H19Br2N.C24H20N2/c1-9-25-58(26-10-1)60-41-51-77-75(53-60)76-54-61(59-27-11-2-12-28-59)42-52-78(76)83(77)74-56-72(81(66-37-21-7-22-38-66)70-47-43-68(44-48-70)79(62-29-13-3-14-30-62)63-31-15-4-16-32-63)55-73(57-74)82(67-39-23-8-24-40-67)71-49-45-69(46-50-71)80(64-33-17-5-18-34-64)65-35-19-6-20-36-65;31-24-17-25(32)19-26(18-24)33-29-13-11-22(20-7-3-1-4-8-20)15-27(29)28-16-23(12-14-30(28)33)21-9-5-2-6-10-21;1-4-10-20(11-5-1)25-21-16-18-24(19-17-21)26(22-12-6-2-7-13-22)23-14-8-3-9-15-23/h1-57H;1-19H;1-19,25H. The Bertz CT molecular complexity index is 7860. The zero-order valence-electron chi connectivity index (χ0n) is 77.7. The Labute approximate surface area is 845 Å². The van der Waals surface area contributed by atoms with E-state index in [1.165, 1.54) is 77.1 Å². The van der Waals surface area contributed by atoms with E-state index in [4.69, 9.17) is 0 Å². The maximum absolute atomic E-state index is 3.67. The summed E-state index contributed by atoms with van der Waals surface area (Å²) in [4.78, 5) is 11.7. The Morgan fingerprint density at radius 1 is 0.141 bits per heavy atom. The molecule has 0 aliphatic carbocycles. The molecule has 0 bridgehead atoms. The van der Waals surface area contributed by atoms with E-state index < -0.39 is 0 Å². The van der Waals surface area contributed by atoms with Crippen LogP contribution in [0.1, 0.15) is 0 Å². The third kappa shape index (κ3) is 19.4. The first-order chi connectivity index (χ1) is 70.2. The predicted octanol–water partition coefficient (Wildman–Crippen LogP) is 38.5. The number of para-hydroxylation sites is 9. The van der Waals surface area contributed by atoms with Gasteiger partial charge in [0.2, 0.25) is 0 Å². The van der Waals surface area contributed by atoms with Gasteiger partial charge in [-0.15, -0.1) is 0 Å². The van der Waals surface area contributed by atoms with E-state index in [-0.39, 0.29) is 0 Å². The fraction of sp³-hybridized carbons (Fsp3) is 0. The van der Waals surface area contributed by atoms with Gasteiger partial charge in [0.15, 0.2) is 0 Å². The minimum absolute atomic E-state index is 0.994. The summed E-state index contributed by atoms with van der Waals surface area (Å²) >= 11 is 7.34. The van der Waals surface area contributed by atoms with E-state index in [0.29, 0.717) is 0 Å². The van der Waals surface area contributed by atoms with E-state index in [2.05, 4.69) is 617 Å². The Morgan fingerprint density at radius 3 is 0.556 bits per heavy atom. The summed E-state index contributed by atoms with van der Waals surface area (Å²) in [5.41, 5.74) is 34.5. The Hall–Kier alpha value is -17.8. The molecule has 678 valence electrons. The molecule has 0 saturated heterocycles. The first-order valence-electron chi connectivity index (χ1n) is 47.8. The largest absolute Gasteiger partial charge is 0.356 e. The molecule has 2 heterocycles. The smallest absolute Gasteiger partial charge is 0.0541 e. The first-order valence-corrected chi connectivity index (χ1v) is 49.4. The van der Waals surface area contributed by atoms with Crippen LogP contribution in [0.3, 0.4) is 0 Å². The Kier molecular flexibility index (Phi) is 26.2. The number of hydrogen-bond acceptors (Lipinski definition) is 6. The SMILES string of the molecule is Brc1cc(Br)cc(-n2c3ccc(-c4ccccc4)cc3c3cc(-c4ccccc4)ccc32)c1.c1ccc(-c2ccc3c(c2)c2cc(-c4ccccc4)ccc2n3-c2cc(N(c3ccccc3)c3ccc(N(c4ccccc4)c4ccccc4)cc3)cc(N(c3ccccc3)c3ccc(N(c4ccccc4)c4ccccc4)cc3)c2)cc1.c1ccc(Nc2ccc(N(c3ccccc3)c3ccccc3)cc2)cc1. The van der Waals surface area contributed by atoms with Crippen molar-refractivity contribution >= 4 is 172 Å². The van der Waals surface area contributed by atoms with Crippen LogP contribution in [0.15, 0.2) is 585 Å². The average Bonchev–Trinajstić information content (AvgIpc) is 1.61. The molecule has 142 heavy (non-hydrogen) atoms. The lowest BCUT2D eigenvalue weighted by Gasteiger charge is -2.31. The van der Waals surface area contributed by atoms with Gasteiger partial charge in [0.1, 0.15) is 0 Å². The van der Waals surface area contributed by atoms with Gasteiger partial charge in [-0.25, -0.2) is 0 Å². The molecule has 0 fully saturated rings. The van der Waals surface area contributed by atoms with Gasteiger partial charge in [-0.2, -0.15) is 0 Å². The van der Waals surface area contributed by atoms with Crippen molar-refractivity contribution < 1.29 is 0 Å². The molecule has 0 aliphatic rings. The second-order valence-corrected chi connectivity index (χ2v) is 36.7. The van der Waals surface area contributed by atoms with Gasteiger partial charge < -0.3 is 39.0 Å². The Balaban J connectivity index is 0.000000158. The molecule has 0 atom stereocenters. The van der Waals surface area contributed by atoms with Gasteiger partial charge >= 0.3 is 0 Å². The van der Waals surface area contributed by atoms with Crippen LogP contribution in [0.2, 0.25) is 0 Å². The minimum Gasteiger partial charge on any atom is -0.356 e. The number of benzene rings is 22. The van der Waals surface area contributed by atoms with E-state index >= 15 is 0 Å². The fourth-order valence-corrected chi connectivity index (χ4v) is 20.5. The first kappa shape index (κ1) is 89.4. The zero-order chi connectivity index (χ0) is 95.3. The van der Waals surface area contributed by atoms with Crippen LogP contribution in [-0.4, -0.2) is 9.13 Å². The van der Waals surface area contributed by atoms with Gasteiger partial charge in [0.25, 0.3) is 0 Å². The van der Waals surface area contributed by atoms with Crippen LogP contribution >= 0.6 is 31.9 Å². The van der Waals surface area contributed by atoms with Crippen molar-refractivity contribution in [3.05, 3.63) is 585 Å². The summed E-state index contributed by atoms with van der Waals surface area (Å²) < 4.78 is 6.91. The lowest BCUT2D eigenvalue weighted by Crippen LogP contribution is -2.15. The molecule has 24 rings (SSSR count). The number of nitrogens with one attached hydrogen (secondary N) is 1. The molecule has 0 saturated carbocycles. The second-order valence-electron chi connectivity index (χ2n) is 34.8. The molecule has 8 nitrogen and oxygen atoms in total. The minimum atomic E-state index is 0.994. The summed E-state index contributed by atoms with van der Waals surface area (Å²) in [6.07, 6.45) is 0. The summed E-state index contributed by atoms with van der Waals surface area (Å²) in [6, 6.07) is 205. The highest BCUT2D eigenvalue weighted by molar-refractivity contribution is 9.11. The molecule has 10 heteroatoms. The molecule has 24 aromatic rings. The number of nitrogens with zero attached hydrogens (tertiary/aromatic N) is 7. The van der Waals surface area contributed by atoms with Crippen molar-refractivity contribution in [3.8, 4) is 55.9 Å². The van der Waals surface area contributed by atoms with Crippen LogP contribution in [0, 0.1) is 0 Å². The summed E-state index contributed by atoms with van der Waals surface area (Å²) in [5.74, 6) is 0. The summed E-state index contributed by atoms with van der Waals surface area (Å²) in [5, 5.41) is 8.29. The number of fused-ring (bicyclic) bond motifs is 6. The quantitative estimate of drug-likeness (QED) is 0.0688. The third-order valence-corrected chi connectivity index (χ3v) is 26.7. The van der Waals surface area contributed by atoms with Crippen molar-refractivity contribution in [2.75, 3.05) is 29.8 Å². The molecule has 0 spiro atoms. The van der Waals surface area contributed by atoms with E-state index in [1.807, 2.05) is 30.3 Å². The summed E-state index contributed by atoms with van der Waals surface area (Å²) in [6.45, 7) is 0. The van der Waals surface area contributed by atoms with Gasteiger partial charge in [-0.05, 0) is 311 Å². The normalized spacial score (nSPS) is 11.0. The highest BCUT2D eigenvalue weighted by Crippen LogP contribution is 2.49. The lowest BCUT2D eigenvalue weighted by molar-refractivity contribution is 1.16. The molecular weight excluding hydrogens is 1860 g/mol. The van der Waals surface area contributed by atoms with Crippen molar-refractivity contribution in [1.82, 2.24) is 9.13 Å². The van der Waals surface area contributed by atoms with E-state index in [9.17, 15) is 0 Å². The molecular formula is C132H96Br2N8. The van der Waals surface area contributed by atoms with Gasteiger partial charge in [-0.1, -0.05) is 341 Å². The van der Waals surface area contributed by atoms with Crippen molar-refractivity contribution in [2.24, 2.45) is 0 Å². The van der Waals surface area contributed by atoms with Crippen molar-refractivity contribution in [1.29, 1.82) is 0 Å².